The number of benzene rings is 1. The van der Waals surface area contributed by atoms with Crippen molar-refractivity contribution in [3.05, 3.63) is 34.9 Å². The molecule has 1 fully saturated rings. The molecular formula is C16H26N2O. The van der Waals surface area contributed by atoms with E-state index in [0.29, 0.717) is 18.6 Å². The summed E-state index contributed by atoms with van der Waals surface area (Å²) in [5, 5.41) is 0. The normalized spacial score (nSPS) is 18.8. The highest BCUT2D eigenvalue weighted by Crippen LogP contribution is 2.26. The Kier molecular flexibility index (Phi) is 4.97. The lowest BCUT2D eigenvalue weighted by atomic mass is 9.97. The molecule has 1 aliphatic rings. The van der Waals surface area contributed by atoms with E-state index in [1.807, 2.05) is 0 Å². The zero-order valence-electron chi connectivity index (χ0n) is 12.4. The molecule has 106 valence electrons. The summed E-state index contributed by atoms with van der Waals surface area (Å²) < 4.78 is 5.45. The van der Waals surface area contributed by atoms with Crippen LogP contribution in [0, 0.1) is 13.8 Å². The van der Waals surface area contributed by atoms with Gasteiger partial charge in [-0.15, -0.1) is 0 Å². The Labute approximate surface area is 116 Å². The van der Waals surface area contributed by atoms with Crippen molar-refractivity contribution in [2.45, 2.75) is 38.8 Å². The maximum Gasteiger partial charge on any atom is 0.0480 e. The fourth-order valence-electron chi connectivity index (χ4n) is 2.86. The molecule has 1 aromatic rings. The average molecular weight is 262 g/mol. The highest BCUT2D eigenvalue weighted by atomic mass is 16.5. The monoisotopic (exact) mass is 262 g/mol. The minimum atomic E-state index is 0.308. The van der Waals surface area contributed by atoms with E-state index in [2.05, 4.69) is 44.0 Å². The predicted molar refractivity (Wildman–Crippen MR) is 79.3 cm³/mol. The van der Waals surface area contributed by atoms with Gasteiger partial charge >= 0.3 is 0 Å². The molecule has 0 aliphatic carbocycles. The van der Waals surface area contributed by atoms with Crippen molar-refractivity contribution in [2.24, 2.45) is 5.73 Å². The molecule has 2 rings (SSSR count). The largest absolute Gasteiger partial charge is 0.381 e. The summed E-state index contributed by atoms with van der Waals surface area (Å²) in [4.78, 5) is 2.44. The molecule has 1 atom stereocenters. The van der Waals surface area contributed by atoms with Crippen LogP contribution >= 0.6 is 0 Å². The fraction of sp³-hybridized carbons (Fsp3) is 0.625. The van der Waals surface area contributed by atoms with Crippen molar-refractivity contribution in [3.63, 3.8) is 0 Å². The highest BCUT2D eigenvalue weighted by Gasteiger charge is 2.25. The van der Waals surface area contributed by atoms with E-state index in [-0.39, 0.29) is 0 Å². The standard InChI is InChI=1S/C16H26N2O/c1-12-4-5-14(10-13(12)2)16(11-17)18(3)15-6-8-19-9-7-15/h4-5,10,15-16H,6-9,11,17H2,1-3H3. The van der Waals surface area contributed by atoms with Gasteiger partial charge in [-0.2, -0.15) is 0 Å². The van der Waals surface area contributed by atoms with Gasteiger partial charge < -0.3 is 10.5 Å². The molecule has 0 spiro atoms. The molecule has 3 nitrogen and oxygen atoms in total. The quantitative estimate of drug-likeness (QED) is 0.905. The Morgan fingerprint density at radius 1 is 1.26 bits per heavy atom. The Morgan fingerprint density at radius 3 is 2.53 bits per heavy atom. The third kappa shape index (κ3) is 3.35. The SMILES string of the molecule is Cc1ccc(C(CN)N(C)C2CCOCC2)cc1C. The molecule has 2 N–H and O–H groups in total. The second-order valence-corrected chi connectivity index (χ2v) is 5.60. The van der Waals surface area contributed by atoms with E-state index in [1.54, 1.807) is 0 Å². The van der Waals surface area contributed by atoms with E-state index in [1.165, 1.54) is 16.7 Å². The topological polar surface area (TPSA) is 38.5 Å². The zero-order valence-corrected chi connectivity index (χ0v) is 12.4. The summed E-state index contributed by atoms with van der Waals surface area (Å²) in [6.45, 7) is 6.73. The third-order valence-corrected chi connectivity index (χ3v) is 4.40. The van der Waals surface area contributed by atoms with Crippen LogP contribution in [0.5, 0.6) is 0 Å². The van der Waals surface area contributed by atoms with Crippen LogP contribution in [-0.4, -0.2) is 37.7 Å². The number of nitrogens with zero attached hydrogens (tertiary/aromatic N) is 1. The first-order valence-corrected chi connectivity index (χ1v) is 7.20. The van der Waals surface area contributed by atoms with Crippen LogP contribution in [0.2, 0.25) is 0 Å². The first kappa shape index (κ1) is 14.5. The summed E-state index contributed by atoms with van der Waals surface area (Å²) in [6, 6.07) is 7.59. The summed E-state index contributed by atoms with van der Waals surface area (Å²) in [6.07, 6.45) is 2.22. The molecule has 0 saturated carbocycles. The van der Waals surface area contributed by atoms with Crippen molar-refractivity contribution >= 4 is 0 Å². The summed E-state index contributed by atoms with van der Waals surface area (Å²) in [5.74, 6) is 0. The molecule has 1 aliphatic heterocycles. The van der Waals surface area contributed by atoms with Crippen LogP contribution in [0.25, 0.3) is 0 Å². The zero-order chi connectivity index (χ0) is 13.8. The van der Waals surface area contributed by atoms with Crippen molar-refractivity contribution < 1.29 is 4.74 Å². The number of aryl methyl sites for hydroxylation is 2. The van der Waals surface area contributed by atoms with Gasteiger partial charge in [0.15, 0.2) is 0 Å². The van der Waals surface area contributed by atoms with Gasteiger partial charge in [-0.05, 0) is 50.4 Å². The van der Waals surface area contributed by atoms with Gasteiger partial charge in [0.25, 0.3) is 0 Å². The van der Waals surface area contributed by atoms with Crippen LogP contribution in [0.1, 0.15) is 35.6 Å². The Morgan fingerprint density at radius 2 is 1.95 bits per heavy atom. The molecule has 1 unspecified atom stereocenters. The lowest BCUT2D eigenvalue weighted by molar-refractivity contribution is 0.0294. The number of hydrogen-bond acceptors (Lipinski definition) is 3. The Hall–Kier alpha value is -0.900. The summed E-state index contributed by atoms with van der Waals surface area (Å²) in [5.41, 5.74) is 10.0. The molecule has 19 heavy (non-hydrogen) atoms. The molecule has 0 bridgehead atoms. The van der Waals surface area contributed by atoms with E-state index >= 15 is 0 Å². The molecular weight excluding hydrogens is 236 g/mol. The van der Waals surface area contributed by atoms with Gasteiger partial charge in [-0.3, -0.25) is 4.90 Å². The maximum atomic E-state index is 6.03. The Bertz CT molecular complexity index is 413. The number of ether oxygens (including phenoxy) is 1. The molecule has 1 aromatic carbocycles. The van der Waals surface area contributed by atoms with Crippen molar-refractivity contribution in [3.8, 4) is 0 Å². The molecule has 0 aromatic heterocycles. The first-order valence-electron chi connectivity index (χ1n) is 7.20. The van der Waals surface area contributed by atoms with Crippen molar-refractivity contribution in [1.29, 1.82) is 0 Å². The predicted octanol–water partition coefficient (Wildman–Crippen LogP) is 2.41. The van der Waals surface area contributed by atoms with Gasteiger partial charge in [0.05, 0.1) is 0 Å². The molecule has 0 amide bonds. The lowest BCUT2D eigenvalue weighted by Crippen LogP contribution is -2.41. The number of rotatable bonds is 4. The van der Waals surface area contributed by atoms with E-state index in [9.17, 15) is 0 Å². The Balaban J connectivity index is 2.15. The number of hydrogen-bond donors (Lipinski definition) is 1. The summed E-state index contributed by atoms with van der Waals surface area (Å²) in [7, 11) is 2.20. The fourth-order valence-corrected chi connectivity index (χ4v) is 2.86. The van der Waals surface area contributed by atoms with Crippen LogP contribution < -0.4 is 5.73 Å². The van der Waals surface area contributed by atoms with Gasteiger partial charge in [-0.1, -0.05) is 18.2 Å². The number of nitrogens with two attached hydrogens (primary N) is 1. The van der Waals surface area contributed by atoms with Gasteiger partial charge in [0.2, 0.25) is 0 Å². The minimum absolute atomic E-state index is 0.308. The van der Waals surface area contributed by atoms with Crippen LogP contribution in [0.15, 0.2) is 18.2 Å². The summed E-state index contributed by atoms with van der Waals surface area (Å²) >= 11 is 0. The second-order valence-electron chi connectivity index (χ2n) is 5.60. The lowest BCUT2D eigenvalue weighted by Gasteiger charge is -2.37. The van der Waals surface area contributed by atoms with Crippen molar-refractivity contribution in [2.75, 3.05) is 26.8 Å². The third-order valence-electron chi connectivity index (χ3n) is 4.40. The van der Waals surface area contributed by atoms with Gasteiger partial charge in [-0.25, -0.2) is 0 Å². The average Bonchev–Trinajstić information content (AvgIpc) is 2.44. The van der Waals surface area contributed by atoms with Crippen LogP contribution in [0.3, 0.4) is 0 Å². The molecule has 3 heteroatoms. The molecule has 1 heterocycles. The molecule has 1 saturated heterocycles. The first-order chi connectivity index (χ1) is 9.13. The van der Waals surface area contributed by atoms with Crippen LogP contribution in [0.4, 0.5) is 0 Å². The minimum Gasteiger partial charge on any atom is -0.381 e. The van der Waals surface area contributed by atoms with E-state index in [0.717, 1.165) is 26.1 Å². The van der Waals surface area contributed by atoms with Crippen molar-refractivity contribution in [1.82, 2.24) is 4.90 Å². The van der Waals surface area contributed by atoms with Gasteiger partial charge in [0.1, 0.15) is 0 Å². The highest BCUT2D eigenvalue weighted by molar-refractivity contribution is 5.32. The molecule has 0 radical (unpaired) electrons. The second kappa shape index (κ2) is 6.51. The number of likely N-dealkylation sites (N-methyl/N-ethyl adjacent to an activating group) is 1. The smallest absolute Gasteiger partial charge is 0.0480 e. The van der Waals surface area contributed by atoms with Gasteiger partial charge in [0, 0.05) is 31.8 Å². The maximum absolute atomic E-state index is 6.03. The van der Waals surface area contributed by atoms with E-state index in [4.69, 9.17) is 10.5 Å². The van der Waals surface area contributed by atoms with E-state index < -0.39 is 0 Å². The van der Waals surface area contributed by atoms with Crippen LogP contribution in [-0.2, 0) is 4.74 Å².